The van der Waals surface area contributed by atoms with E-state index in [0.717, 1.165) is 0 Å². The van der Waals surface area contributed by atoms with E-state index in [2.05, 4.69) is 54.6 Å². The van der Waals surface area contributed by atoms with Crippen LogP contribution in [-0.4, -0.2) is 57.9 Å². The number of amides is 1. The Bertz CT molecular complexity index is 641. The van der Waals surface area contributed by atoms with Gasteiger partial charge < -0.3 is 13.6 Å². The molecule has 1 aliphatic heterocycles. The first-order valence-electron chi connectivity index (χ1n) is 11.0. The van der Waals surface area contributed by atoms with Gasteiger partial charge in [0.2, 0.25) is 0 Å². The van der Waals surface area contributed by atoms with E-state index < -0.39 is 34.4 Å². The fourth-order valence-corrected chi connectivity index (χ4v) is 5.00. The van der Waals surface area contributed by atoms with Crippen molar-refractivity contribution in [3.05, 3.63) is 0 Å². The quantitative estimate of drug-likeness (QED) is 0.487. The van der Waals surface area contributed by atoms with Gasteiger partial charge in [0.25, 0.3) is 8.32 Å². The highest BCUT2D eigenvalue weighted by Crippen LogP contribution is 2.41. The minimum atomic E-state index is -2.34. The molecule has 0 saturated carbocycles. The van der Waals surface area contributed by atoms with Gasteiger partial charge in [0.1, 0.15) is 5.60 Å². The molecule has 0 unspecified atom stereocenters. The summed E-state index contributed by atoms with van der Waals surface area (Å²) in [6.45, 7) is 27.1. The maximum absolute atomic E-state index is 13.4. The van der Waals surface area contributed by atoms with Crippen LogP contribution in [-0.2, 0) is 18.4 Å². The summed E-state index contributed by atoms with van der Waals surface area (Å²) < 4.78 is 18.3. The van der Waals surface area contributed by atoms with Crippen LogP contribution in [0.1, 0.15) is 68.7 Å². The van der Waals surface area contributed by atoms with Gasteiger partial charge >= 0.3 is 12.1 Å². The van der Waals surface area contributed by atoms with Crippen molar-refractivity contribution in [2.45, 2.75) is 123 Å². The number of hydrogen-bond acceptors (Lipinski definition) is 5. The van der Waals surface area contributed by atoms with E-state index in [1.165, 1.54) is 4.90 Å². The number of nitrogens with zero attached hydrogens (tertiary/aromatic N) is 1. The van der Waals surface area contributed by atoms with Crippen LogP contribution in [0.25, 0.3) is 0 Å². The number of carbonyl (C=O) groups is 2. The third-order valence-electron chi connectivity index (χ3n) is 6.63. The molecule has 1 amide bonds. The number of ether oxygens (including phenoxy) is 1. The topological polar surface area (TPSA) is 65.1 Å². The maximum Gasteiger partial charge on any atom is 0.411 e. The molecule has 0 aromatic heterocycles. The molecule has 0 aliphatic carbocycles. The van der Waals surface area contributed by atoms with Crippen LogP contribution in [0.3, 0.4) is 0 Å². The number of likely N-dealkylation sites (tertiary alicyclic amines) is 1. The number of carbonyl (C=O) groups excluding carboxylic acids is 2. The van der Waals surface area contributed by atoms with Crippen molar-refractivity contribution < 1.29 is 23.2 Å². The highest BCUT2D eigenvalue weighted by molar-refractivity contribution is 6.75. The zero-order chi connectivity index (χ0) is 23.9. The van der Waals surface area contributed by atoms with Gasteiger partial charge in [-0.3, -0.25) is 9.69 Å². The van der Waals surface area contributed by atoms with Crippen molar-refractivity contribution in [1.82, 2.24) is 4.90 Å². The number of rotatable bonds is 4. The molecule has 0 aromatic rings. The molecule has 0 bridgehead atoms. The molecule has 8 heteroatoms. The zero-order valence-electron chi connectivity index (χ0n) is 21.6. The van der Waals surface area contributed by atoms with E-state index in [1.807, 2.05) is 33.9 Å². The Morgan fingerprint density at radius 1 is 0.833 bits per heavy atom. The van der Waals surface area contributed by atoms with Gasteiger partial charge in [-0.05, 0) is 63.5 Å². The summed E-state index contributed by atoms with van der Waals surface area (Å²) in [5.41, 5.74) is -0.636. The summed E-state index contributed by atoms with van der Waals surface area (Å²) >= 11 is 0. The monoisotopic (exact) mass is 459 g/mol. The van der Waals surface area contributed by atoms with E-state index in [0.29, 0.717) is 13.0 Å². The first-order chi connectivity index (χ1) is 13.1. The van der Waals surface area contributed by atoms with Gasteiger partial charge in [-0.15, -0.1) is 0 Å². The van der Waals surface area contributed by atoms with Crippen LogP contribution >= 0.6 is 0 Å². The molecule has 30 heavy (non-hydrogen) atoms. The lowest BCUT2D eigenvalue weighted by molar-refractivity contribution is -0.142. The molecule has 0 radical (unpaired) electrons. The minimum Gasteiger partial charge on any atom is -0.518 e. The minimum absolute atomic E-state index is 0.000222. The fourth-order valence-electron chi connectivity index (χ4n) is 2.71. The molecule has 0 aromatic carbocycles. The van der Waals surface area contributed by atoms with Crippen LogP contribution in [0.4, 0.5) is 4.79 Å². The van der Waals surface area contributed by atoms with Crippen molar-refractivity contribution in [3.8, 4) is 0 Å². The van der Waals surface area contributed by atoms with E-state index >= 15 is 0 Å². The van der Waals surface area contributed by atoms with Crippen molar-refractivity contribution in [2.75, 3.05) is 6.54 Å². The van der Waals surface area contributed by atoms with Crippen molar-refractivity contribution in [2.24, 2.45) is 0 Å². The van der Waals surface area contributed by atoms with Crippen molar-refractivity contribution >= 4 is 28.7 Å². The van der Waals surface area contributed by atoms with Gasteiger partial charge in [0.15, 0.2) is 14.4 Å². The molecule has 1 saturated heterocycles. The third-order valence-corrected chi connectivity index (χ3v) is 15.5. The lowest BCUT2D eigenvalue weighted by Gasteiger charge is -2.41. The van der Waals surface area contributed by atoms with Crippen LogP contribution in [0.15, 0.2) is 0 Å². The summed E-state index contributed by atoms with van der Waals surface area (Å²) in [5, 5.41) is -0.117. The highest BCUT2D eigenvalue weighted by atomic mass is 28.4. The Labute approximate surface area is 186 Å². The molecule has 0 N–H and O–H groups in total. The second kappa shape index (κ2) is 8.58. The molecule has 1 fully saturated rings. The predicted octanol–water partition coefficient (Wildman–Crippen LogP) is 5.93. The fraction of sp³-hybridized carbons (Fsp3) is 0.909. The summed E-state index contributed by atoms with van der Waals surface area (Å²) in [4.78, 5) is 27.9. The first-order valence-corrected chi connectivity index (χ1v) is 16.8. The largest absolute Gasteiger partial charge is 0.518 e. The van der Waals surface area contributed by atoms with Gasteiger partial charge in [-0.25, -0.2) is 4.79 Å². The summed E-state index contributed by atoms with van der Waals surface area (Å²) in [6, 6.07) is -0.775. The van der Waals surface area contributed by atoms with Gasteiger partial charge in [-0.1, -0.05) is 41.5 Å². The van der Waals surface area contributed by atoms with Gasteiger partial charge in [0, 0.05) is 6.54 Å². The average Bonchev–Trinajstić information content (AvgIpc) is 2.85. The lowest BCUT2D eigenvalue weighted by atomic mass is 10.2. The second-order valence-corrected chi connectivity index (χ2v) is 22.0. The molecule has 0 spiro atoms. The Hall–Kier alpha value is -0.866. The molecule has 1 heterocycles. The highest BCUT2D eigenvalue weighted by Gasteiger charge is 2.51. The van der Waals surface area contributed by atoms with E-state index in [1.54, 1.807) is 0 Å². The molecular formula is C22H45NO5Si2. The maximum atomic E-state index is 13.4. The summed E-state index contributed by atoms with van der Waals surface area (Å²) in [7, 11) is -4.48. The first kappa shape index (κ1) is 27.2. The van der Waals surface area contributed by atoms with E-state index in [9.17, 15) is 9.59 Å². The molecular weight excluding hydrogens is 414 g/mol. The van der Waals surface area contributed by atoms with Crippen molar-refractivity contribution in [3.63, 3.8) is 0 Å². The summed E-state index contributed by atoms with van der Waals surface area (Å²) in [5.74, 6) is -0.367. The third kappa shape index (κ3) is 6.56. The SMILES string of the molecule is CC(C)(C)OC(=O)N1CC[C@@H](O[Si](C)(C)C(C)(C)C)[C@H]1C(=O)O[Si](C)(C)C(C)(C)C. The van der Waals surface area contributed by atoms with Crippen LogP contribution in [0, 0.1) is 0 Å². The van der Waals surface area contributed by atoms with Crippen molar-refractivity contribution in [1.29, 1.82) is 0 Å². The standard InChI is InChI=1S/C22H45NO5Si2/c1-20(2,3)26-19(25)23-15-14-16(27-29(10,11)21(4,5)6)17(23)18(24)28-30(12,13)22(7,8)9/h16-17H,14-15H2,1-13H3/t16-,17+/m1/s1. The molecule has 176 valence electrons. The Morgan fingerprint density at radius 2 is 1.30 bits per heavy atom. The van der Waals surface area contributed by atoms with E-state index in [4.69, 9.17) is 13.6 Å². The normalized spacial score (nSPS) is 21.6. The average molecular weight is 460 g/mol. The Morgan fingerprint density at radius 3 is 1.70 bits per heavy atom. The number of hydrogen-bond donors (Lipinski definition) is 0. The van der Waals surface area contributed by atoms with Gasteiger partial charge in [0.05, 0.1) is 6.10 Å². The van der Waals surface area contributed by atoms with E-state index in [-0.39, 0.29) is 22.1 Å². The zero-order valence-corrected chi connectivity index (χ0v) is 23.6. The Balaban J connectivity index is 3.24. The lowest BCUT2D eigenvalue weighted by Crippen LogP contribution is -2.55. The van der Waals surface area contributed by atoms with Crippen LogP contribution in [0.2, 0.25) is 36.3 Å². The molecule has 6 nitrogen and oxygen atoms in total. The van der Waals surface area contributed by atoms with Crippen LogP contribution < -0.4 is 0 Å². The smallest absolute Gasteiger partial charge is 0.411 e. The predicted molar refractivity (Wildman–Crippen MR) is 127 cm³/mol. The molecule has 1 rings (SSSR count). The summed E-state index contributed by atoms with van der Waals surface area (Å²) in [6.07, 6.45) is -0.264. The molecule has 1 aliphatic rings. The van der Waals surface area contributed by atoms with Crippen LogP contribution in [0.5, 0.6) is 0 Å². The molecule has 2 atom stereocenters. The Kier molecular flexibility index (Phi) is 7.77. The second-order valence-electron chi connectivity index (χ2n) is 12.5. The van der Waals surface area contributed by atoms with Gasteiger partial charge in [-0.2, -0.15) is 0 Å².